The van der Waals surface area contributed by atoms with Gasteiger partial charge in [-0.05, 0) is 24.3 Å². The molecule has 0 aliphatic heterocycles. The number of ether oxygens (including phenoxy) is 2. The minimum Gasteiger partial charge on any atom is -0.465 e. The van der Waals surface area contributed by atoms with Crippen LogP contribution in [0.15, 0.2) is 24.3 Å². The van der Waals surface area contributed by atoms with Crippen LogP contribution in [-0.2, 0) is 10.9 Å². The second-order valence-corrected chi connectivity index (χ2v) is 5.47. The number of methoxy groups -OCH3 is 1. The molecule has 0 fully saturated rings. The number of carbonyl (C=O) groups is 2. The average Bonchev–Trinajstić information content (AvgIpc) is 2.63. The highest BCUT2D eigenvalue weighted by Gasteiger charge is 2.37. The molecule has 0 bridgehead atoms. The van der Waals surface area contributed by atoms with Crippen molar-refractivity contribution in [3.8, 4) is 5.75 Å². The molecule has 1 N–H and O–H groups in total. The highest BCUT2D eigenvalue weighted by Crippen LogP contribution is 2.38. The molecule has 162 valence electrons. The van der Waals surface area contributed by atoms with Gasteiger partial charge in [-0.2, -0.15) is 13.2 Å². The molecule has 0 unspecified atom stereocenters. The van der Waals surface area contributed by atoms with Crippen molar-refractivity contribution in [3.63, 3.8) is 0 Å². The first kappa shape index (κ1) is 22.9. The van der Waals surface area contributed by atoms with Crippen molar-refractivity contribution in [3.05, 3.63) is 52.6 Å². The van der Waals surface area contributed by atoms with E-state index >= 15 is 0 Å². The molecule has 0 aliphatic carbocycles. The van der Waals surface area contributed by atoms with Gasteiger partial charge in [-0.15, -0.1) is 13.2 Å². The minimum atomic E-state index is -5.30. The summed E-state index contributed by atoms with van der Waals surface area (Å²) in [5.41, 5.74) is -5.55. The molecular formula is C17H9F8NO4. The van der Waals surface area contributed by atoms with E-state index in [1.165, 1.54) is 0 Å². The second kappa shape index (κ2) is 8.16. The molecule has 0 aliphatic rings. The van der Waals surface area contributed by atoms with Gasteiger partial charge in [-0.25, -0.2) is 13.6 Å². The Hall–Kier alpha value is -3.38. The van der Waals surface area contributed by atoms with E-state index in [2.05, 4.69) is 9.47 Å². The average molecular weight is 443 g/mol. The van der Waals surface area contributed by atoms with Crippen LogP contribution in [0.1, 0.15) is 26.3 Å². The molecule has 0 atom stereocenters. The lowest BCUT2D eigenvalue weighted by Gasteiger charge is -2.18. The smallest absolute Gasteiger partial charge is 0.465 e. The summed E-state index contributed by atoms with van der Waals surface area (Å²) in [5, 5.41) is 1.94. The van der Waals surface area contributed by atoms with E-state index in [1.807, 2.05) is 5.32 Å². The topological polar surface area (TPSA) is 64.6 Å². The first-order valence-corrected chi connectivity index (χ1v) is 7.58. The zero-order valence-electron chi connectivity index (χ0n) is 14.5. The van der Waals surface area contributed by atoms with Crippen LogP contribution in [0.2, 0.25) is 0 Å². The van der Waals surface area contributed by atoms with Gasteiger partial charge >= 0.3 is 18.5 Å². The van der Waals surface area contributed by atoms with Crippen LogP contribution in [0.25, 0.3) is 0 Å². The van der Waals surface area contributed by atoms with Crippen molar-refractivity contribution < 1.29 is 54.2 Å². The van der Waals surface area contributed by atoms with Crippen LogP contribution in [0.3, 0.4) is 0 Å². The molecule has 0 saturated carbocycles. The molecule has 0 spiro atoms. The standard InChI is InChI=1S/C17H9F8NO4/c1-29-15(28)7-2-3-9(16(20,21)22)13(19)14(7)26-10-4-5-11(30-17(23,24)25)12(18)8(10)6-27/h2-6,26H,1H3. The van der Waals surface area contributed by atoms with Gasteiger partial charge in [0.15, 0.2) is 23.7 Å². The van der Waals surface area contributed by atoms with Gasteiger partial charge in [-0.3, -0.25) is 4.79 Å². The zero-order valence-corrected chi connectivity index (χ0v) is 14.5. The fourth-order valence-electron chi connectivity index (χ4n) is 2.33. The number of rotatable bonds is 5. The summed E-state index contributed by atoms with van der Waals surface area (Å²) in [7, 11) is 0.849. The Bertz CT molecular complexity index is 985. The molecule has 0 saturated heterocycles. The lowest BCUT2D eigenvalue weighted by molar-refractivity contribution is -0.275. The summed E-state index contributed by atoms with van der Waals surface area (Å²) >= 11 is 0. The third-order valence-corrected chi connectivity index (χ3v) is 3.60. The lowest BCUT2D eigenvalue weighted by Crippen LogP contribution is -2.19. The Kier molecular flexibility index (Phi) is 6.23. The van der Waals surface area contributed by atoms with Gasteiger partial charge in [0.2, 0.25) is 0 Å². The summed E-state index contributed by atoms with van der Waals surface area (Å²) in [4.78, 5) is 22.9. The maximum absolute atomic E-state index is 14.5. The Balaban J connectivity index is 2.65. The third kappa shape index (κ3) is 4.78. The summed E-state index contributed by atoms with van der Waals surface area (Å²) in [6, 6.07) is 1.85. The fraction of sp³-hybridized carbons (Fsp3) is 0.176. The van der Waals surface area contributed by atoms with Crippen molar-refractivity contribution in [2.24, 2.45) is 0 Å². The quantitative estimate of drug-likeness (QED) is 0.390. The summed E-state index contributed by atoms with van der Waals surface area (Å²) in [5.74, 6) is -6.50. The van der Waals surface area contributed by atoms with Crippen molar-refractivity contribution in [1.82, 2.24) is 0 Å². The lowest BCUT2D eigenvalue weighted by atomic mass is 10.1. The summed E-state index contributed by atoms with van der Waals surface area (Å²) < 4.78 is 112. The number of nitrogens with one attached hydrogen (secondary N) is 1. The molecule has 0 heterocycles. The molecule has 2 rings (SSSR count). The van der Waals surface area contributed by atoms with Crippen LogP contribution >= 0.6 is 0 Å². The molecule has 2 aromatic carbocycles. The van der Waals surface area contributed by atoms with Crippen LogP contribution < -0.4 is 10.1 Å². The predicted octanol–water partition coefficient (Wildman–Crippen LogP) is 5.22. The minimum absolute atomic E-state index is 0.258. The Morgan fingerprint density at radius 3 is 2.13 bits per heavy atom. The number of aldehydes is 1. The van der Waals surface area contributed by atoms with Crippen molar-refractivity contribution in [2.75, 3.05) is 12.4 Å². The van der Waals surface area contributed by atoms with Gasteiger partial charge in [0.25, 0.3) is 0 Å². The van der Waals surface area contributed by atoms with Crippen LogP contribution in [0.4, 0.5) is 46.5 Å². The molecule has 2 aromatic rings. The van der Waals surface area contributed by atoms with Crippen molar-refractivity contribution in [2.45, 2.75) is 12.5 Å². The highest BCUT2D eigenvalue weighted by molar-refractivity contribution is 5.98. The van der Waals surface area contributed by atoms with Gasteiger partial charge in [0.1, 0.15) is 0 Å². The first-order chi connectivity index (χ1) is 13.8. The number of anilines is 2. The van der Waals surface area contributed by atoms with E-state index < -0.39 is 64.0 Å². The van der Waals surface area contributed by atoms with E-state index in [-0.39, 0.29) is 12.4 Å². The molecule has 13 heteroatoms. The van der Waals surface area contributed by atoms with E-state index in [0.29, 0.717) is 18.2 Å². The number of esters is 1. The van der Waals surface area contributed by atoms with Crippen molar-refractivity contribution in [1.29, 1.82) is 0 Å². The molecule has 5 nitrogen and oxygen atoms in total. The van der Waals surface area contributed by atoms with Gasteiger partial charge in [0.05, 0.1) is 35.2 Å². The van der Waals surface area contributed by atoms with Crippen LogP contribution in [0.5, 0.6) is 5.75 Å². The van der Waals surface area contributed by atoms with Gasteiger partial charge in [-0.1, -0.05) is 0 Å². The largest absolute Gasteiger partial charge is 0.573 e. The monoisotopic (exact) mass is 443 g/mol. The Morgan fingerprint density at radius 2 is 1.63 bits per heavy atom. The van der Waals surface area contributed by atoms with E-state index in [4.69, 9.17) is 0 Å². The van der Waals surface area contributed by atoms with Gasteiger partial charge < -0.3 is 14.8 Å². The van der Waals surface area contributed by atoms with Crippen LogP contribution in [0, 0.1) is 11.6 Å². The highest BCUT2D eigenvalue weighted by atomic mass is 19.4. The van der Waals surface area contributed by atoms with Crippen molar-refractivity contribution >= 4 is 23.6 Å². The predicted molar refractivity (Wildman–Crippen MR) is 84.5 cm³/mol. The first-order valence-electron chi connectivity index (χ1n) is 7.58. The maximum atomic E-state index is 14.5. The molecule has 0 radical (unpaired) electrons. The fourth-order valence-corrected chi connectivity index (χ4v) is 2.33. The number of hydrogen-bond donors (Lipinski definition) is 1. The number of halogens is 8. The SMILES string of the molecule is COC(=O)c1ccc(C(F)(F)F)c(F)c1Nc1ccc(OC(F)(F)F)c(F)c1C=O. The molecule has 0 aromatic heterocycles. The summed E-state index contributed by atoms with van der Waals surface area (Å²) in [6.45, 7) is 0. The van der Waals surface area contributed by atoms with E-state index in [1.54, 1.807) is 0 Å². The molecule has 30 heavy (non-hydrogen) atoms. The second-order valence-electron chi connectivity index (χ2n) is 5.47. The van der Waals surface area contributed by atoms with Gasteiger partial charge in [0, 0.05) is 0 Å². The Labute approximate surface area is 162 Å². The zero-order chi connectivity index (χ0) is 22.9. The number of alkyl halides is 6. The maximum Gasteiger partial charge on any atom is 0.573 e. The number of hydrogen-bond acceptors (Lipinski definition) is 5. The summed E-state index contributed by atoms with van der Waals surface area (Å²) in [6.07, 6.45) is -10.8. The molecule has 0 amide bonds. The van der Waals surface area contributed by atoms with E-state index in [0.717, 1.165) is 7.11 Å². The Morgan fingerprint density at radius 1 is 1.00 bits per heavy atom. The number of benzene rings is 2. The number of carbonyl (C=O) groups excluding carboxylic acids is 2. The molecular weight excluding hydrogens is 434 g/mol. The normalized spacial score (nSPS) is 11.8. The third-order valence-electron chi connectivity index (χ3n) is 3.60. The van der Waals surface area contributed by atoms with E-state index in [9.17, 15) is 44.7 Å². The van der Waals surface area contributed by atoms with Crippen LogP contribution in [-0.4, -0.2) is 25.7 Å².